The van der Waals surface area contributed by atoms with Gasteiger partial charge in [-0.05, 0) is 38.1 Å². The summed E-state index contributed by atoms with van der Waals surface area (Å²) in [4.78, 5) is 4.20. The summed E-state index contributed by atoms with van der Waals surface area (Å²) in [6.07, 6.45) is 1.72. The maximum atomic E-state index is 13.2. The fourth-order valence-electron chi connectivity index (χ4n) is 1.76. The number of halogens is 1. The molecule has 0 aliphatic rings. The van der Waals surface area contributed by atoms with Crippen LogP contribution in [0.4, 0.5) is 15.8 Å². The van der Waals surface area contributed by atoms with Crippen molar-refractivity contribution in [2.75, 3.05) is 11.1 Å². The minimum atomic E-state index is -0.327. The molecule has 0 atom stereocenters. The zero-order valence-electron chi connectivity index (χ0n) is 11.6. The van der Waals surface area contributed by atoms with Gasteiger partial charge in [0.25, 0.3) is 0 Å². The molecule has 0 amide bonds. The van der Waals surface area contributed by atoms with Crippen molar-refractivity contribution in [1.82, 2.24) is 4.98 Å². The number of nitrogen functional groups attached to an aromatic ring is 1. The topological polar surface area (TPSA) is 60.2 Å². The molecule has 3 N–H and O–H groups in total. The maximum absolute atomic E-state index is 13.2. The molecule has 4 nitrogen and oxygen atoms in total. The van der Waals surface area contributed by atoms with Gasteiger partial charge in [-0.3, -0.25) is 0 Å². The lowest BCUT2D eigenvalue weighted by Gasteiger charge is -2.14. The lowest BCUT2D eigenvalue weighted by Crippen LogP contribution is -2.11. The zero-order valence-corrected chi connectivity index (χ0v) is 11.6. The van der Waals surface area contributed by atoms with Gasteiger partial charge in [0, 0.05) is 18.3 Å². The second-order valence-electron chi connectivity index (χ2n) is 4.72. The Hall–Kier alpha value is -2.30. The smallest absolute Gasteiger partial charge is 0.218 e. The molecule has 0 radical (unpaired) electrons. The lowest BCUT2D eigenvalue weighted by atomic mass is 10.2. The Morgan fingerprint density at radius 3 is 2.90 bits per heavy atom. The van der Waals surface area contributed by atoms with E-state index in [1.807, 2.05) is 26.0 Å². The SMILES string of the molecule is CC(C)Oc1ncccc1CNc1cc(F)ccc1N. The van der Waals surface area contributed by atoms with E-state index in [9.17, 15) is 4.39 Å². The molecule has 0 fully saturated rings. The largest absolute Gasteiger partial charge is 0.475 e. The molecule has 0 unspecified atom stereocenters. The molecule has 0 saturated heterocycles. The van der Waals surface area contributed by atoms with Crippen molar-refractivity contribution < 1.29 is 9.13 Å². The van der Waals surface area contributed by atoms with Crippen molar-refractivity contribution in [2.45, 2.75) is 26.5 Å². The van der Waals surface area contributed by atoms with E-state index in [1.54, 1.807) is 6.20 Å². The van der Waals surface area contributed by atoms with E-state index in [1.165, 1.54) is 18.2 Å². The maximum Gasteiger partial charge on any atom is 0.218 e. The number of hydrogen-bond donors (Lipinski definition) is 2. The Balaban J connectivity index is 2.12. The van der Waals surface area contributed by atoms with Crippen LogP contribution in [0.25, 0.3) is 0 Å². The Morgan fingerprint density at radius 1 is 1.35 bits per heavy atom. The Bertz CT molecular complexity index is 587. The highest BCUT2D eigenvalue weighted by molar-refractivity contribution is 5.66. The van der Waals surface area contributed by atoms with E-state index < -0.39 is 0 Å². The minimum absolute atomic E-state index is 0.0443. The summed E-state index contributed by atoms with van der Waals surface area (Å²) in [7, 11) is 0. The van der Waals surface area contributed by atoms with E-state index in [0.717, 1.165) is 5.56 Å². The van der Waals surface area contributed by atoms with Gasteiger partial charge in [0.05, 0.1) is 17.5 Å². The normalized spacial score (nSPS) is 10.6. The molecule has 2 aromatic rings. The van der Waals surface area contributed by atoms with Gasteiger partial charge in [-0.15, -0.1) is 0 Å². The summed E-state index contributed by atoms with van der Waals surface area (Å²) in [6.45, 7) is 4.34. The molecule has 2 rings (SSSR count). The Morgan fingerprint density at radius 2 is 2.15 bits per heavy atom. The quantitative estimate of drug-likeness (QED) is 0.823. The number of nitrogens with zero attached hydrogens (tertiary/aromatic N) is 1. The van der Waals surface area contributed by atoms with Crippen LogP contribution in [0.3, 0.4) is 0 Å². The van der Waals surface area contributed by atoms with Crippen molar-refractivity contribution >= 4 is 11.4 Å². The van der Waals surface area contributed by atoms with Gasteiger partial charge < -0.3 is 15.8 Å². The highest BCUT2D eigenvalue weighted by Crippen LogP contribution is 2.22. The van der Waals surface area contributed by atoms with Crippen LogP contribution in [0.5, 0.6) is 5.88 Å². The fourth-order valence-corrected chi connectivity index (χ4v) is 1.76. The summed E-state index contributed by atoms with van der Waals surface area (Å²) >= 11 is 0. The summed E-state index contributed by atoms with van der Waals surface area (Å²) in [5.74, 6) is 0.247. The van der Waals surface area contributed by atoms with Crippen molar-refractivity contribution in [2.24, 2.45) is 0 Å². The van der Waals surface area contributed by atoms with Gasteiger partial charge in [0.15, 0.2) is 0 Å². The molecule has 0 saturated carbocycles. The Labute approximate surface area is 117 Å². The second-order valence-corrected chi connectivity index (χ2v) is 4.72. The molecule has 20 heavy (non-hydrogen) atoms. The number of ether oxygens (including phenoxy) is 1. The molecule has 5 heteroatoms. The zero-order chi connectivity index (χ0) is 14.5. The number of pyridine rings is 1. The number of anilines is 2. The van der Waals surface area contributed by atoms with Crippen LogP contribution < -0.4 is 15.8 Å². The first kappa shape index (κ1) is 14.1. The molecule has 1 aromatic carbocycles. The van der Waals surface area contributed by atoms with Crippen LogP contribution in [0.1, 0.15) is 19.4 Å². The van der Waals surface area contributed by atoms with Crippen LogP contribution in [0.2, 0.25) is 0 Å². The van der Waals surface area contributed by atoms with Crippen molar-refractivity contribution in [3.8, 4) is 5.88 Å². The third-order valence-electron chi connectivity index (χ3n) is 2.68. The Kier molecular flexibility index (Phi) is 4.40. The molecular weight excluding hydrogens is 257 g/mol. The summed E-state index contributed by atoms with van der Waals surface area (Å²) in [6, 6.07) is 7.98. The predicted octanol–water partition coefficient (Wildman–Crippen LogP) is 3.20. The number of nitrogens with two attached hydrogens (primary N) is 1. The van der Waals surface area contributed by atoms with Crippen molar-refractivity contribution in [3.05, 3.63) is 47.9 Å². The first-order valence-corrected chi connectivity index (χ1v) is 6.45. The molecule has 0 bridgehead atoms. The summed E-state index contributed by atoms with van der Waals surface area (Å²) in [5.41, 5.74) is 7.75. The summed E-state index contributed by atoms with van der Waals surface area (Å²) < 4.78 is 18.8. The van der Waals surface area contributed by atoms with E-state index in [0.29, 0.717) is 23.8 Å². The molecule has 1 heterocycles. The predicted molar refractivity (Wildman–Crippen MR) is 78.1 cm³/mol. The summed E-state index contributed by atoms with van der Waals surface area (Å²) in [5, 5.41) is 3.10. The first-order chi connectivity index (χ1) is 9.56. The molecule has 0 spiro atoms. The minimum Gasteiger partial charge on any atom is -0.475 e. The monoisotopic (exact) mass is 275 g/mol. The average molecular weight is 275 g/mol. The van der Waals surface area contributed by atoms with E-state index in [4.69, 9.17) is 10.5 Å². The average Bonchev–Trinajstić information content (AvgIpc) is 2.41. The number of hydrogen-bond acceptors (Lipinski definition) is 4. The highest BCUT2D eigenvalue weighted by Gasteiger charge is 2.07. The van der Waals surface area contributed by atoms with Crippen LogP contribution in [0.15, 0.2) is 36.5 Å². The van der Waals surface area contributed by atoms with Crippen LogP contribution >= 0.6 is 0 Å². The number of rotatable bonds is 5. The fraction of sp³-hybridized carbons (Fsp3) is 0.267. The number of nitrogens with one attached hydrogen (secondary N) is 1. The van der Waals surface area contributed by atoms with Crippen molar-refractivity contribution in [3.63, 3.8) is 0 Å². The van der Waals surface area contributed by atoms with E-state index >= 15 is 0 Å². The van der Waals surface area contributed by atoms with Crippen LogP contribution in [0, 0.1) is 5.82 Å². The molecule has 0 aliphatic carbocycles. The van der Waals surface area contributed by atoms with Gasteiger partial charge in [0.2, 0.25) is 5.88 Å². The number of benzene rings is 1. The molecule has 0 aliphatic heterocycles. The third-order valence-corrected chi connectivity index (χ3v) is 2.68. The van der Waals surface area contributed by atoms with Gasteiger partial charge >= 0.3 is 0 Å². The van der Waals surface area contributed by atoms with Crippen LogP contribution in [-0.2, 0) is 6.54 Å². The van der Waals surface area contributed by atoms with E-state index in [-0.39, 0.29) is 11.9 Å². The van der Waals surface area contributed by atoms with E-state index in [2.05, 4.69) is 10.3 Å². The molecule has 106 valence electrons. The molecule has 1 aromatic heterocycles. The molecular formula is C15H18FN3O. The second kappa shape index (κ2) is 6.23. The highest BCUT2D eigenvalue weighted by atomic mass is 19.1. The first-order valence-electron chi connectivity index (χ1n) is 6.45. The van der Waals surface area contributed by atoms with Crippen molar-refractivity contribution in [1.29, 1.82) is 0 Å². The van der Waals surface area contributed by atoms with Gasteiger partial charge in [-0.2, -0.15) is 0 Å². The lowest BCUT2D eigenvalue weighted by molar-refractivity contribution is 0.230. The van der Waals surface area contributed by atoms with Gasteiger partial charge in [-0.1, -0.05) is 6.07 Å². The number of aromatic nitrogens is 1. The van der Waals surface area contributed by atoms with Gasteiger partial charge in [0.1, 0.15) is 5.82 Å². The van der Waals surface area contributed by atoms with Gasteiger partial charge in [-0.25, -0.2) is 9.37 Å². The van der Waals surface area contributed by atoms with Crippen LogP contribution in [-0.4, -0.2) is 11.1 Å². The standard InChI is InChI=1S/C15H18FN3O/c1-10(2)20-15-11(4-3-7-18-15)9-19-14-8-12(16)5-6-13(14)17/h3-8,10,19H,9,17H2,1-2H3. The third kappa shape index (κ3) is 3.60.